The number of nitrogens with zero attached hydrogens (tertiary/aromatic N) is 2. The predicted molar refractivity (Wildman–Crippen MR) is 127 cm³/mol. The number of rotatable bonds is 6. The third-order valence-corrected chi connectivity index (χ3v) is 5.48. The van der Waals surface area contributed by atoms with Crippen molar-refractivity contribution in [3.63, 3.8) is 0 Å². The Morgan fingerprint density at radius 2 is 1.62 bits per heavy atom. The first-order chi connectivity index (χ1) is 15.6. The largest absolute Gasteiger partial charge is 0.316 e. The van der Waals surface area contributed by atoms with E-state index in [0.29, 0.717) is 0 Å². The second-order valence-corrected chi connectivity index (χ2v) is 7.63. The summed E-state index contributed by atoms with van der Waals surface area (Å²) in [4.78, 5) is 16.4. The average Bonchev–Trinajstić information content (AvgIpc) is 3.20. The Hall–Kier alpha value is -3.96. The van der Waals surface area contributed by atoms with Crippen LogP contribution < -0.4 is 5.48 Å². The molecule has 0 aliphatic rings. The van der Waals surface area contributed by atoms with E-state index < -0.39 is 5.91 Å². The molecule has 3 aromatic carbocycles. The van der Waals surface area contributed by atoms with E-state index in [0.717, 1.165) is 33.9 Å². The molecule has 2 N–H and O–H groups in total. The van der Waals surface area contributed by atoms with Crippen LogP contribution in [-0.2, 0) is 4.79 Å². The molecule has 0 spiro atoms. The van der Waals surface area contributed by atoms with Crippen LogP contribution in [0.3, 0.4) is 0 Å². The van der Waals surface area contributed by atoms with Gasteiger partial charge in [0.1, 0.15) is 5.82 Å². The fourth-order valence-electron chi connectivity index (χ4n) is 3.94. The predicted octanol–water partition coefficient (Wildman–Crippen LogP) is 5.65. The van der Waals surface area contributed by atoms with E-state index >= 15 is 0 Å². The van der Waals surface area contributed by atoms with Gasteiger partial charge in [-0.15, -0.1) is 0 Å². The number of carbonyl (C=O) groups is 1. The highest BCUT2D eigenvalue weighted by Gasteiger charge is 2.22. The molecule has 4 rings (SSSR count). The lowest BCUT2D eigenvalue weighted by atomic mass is 10.0. The molecular formula is C27H25N3O2. The molecule has 1 amide bonds. The molecule has 160 valence electrons. The topological polar surface area (TPSA) is 67.2 Å². The zero-order chi connectivity index (χ0) is 22.5. The van der Waals surface area contributed by atoms with E-state index in [2.05, 4.69) is 54.0 Å². The van der Waals surface area contributed by atoms with Crippen LogP contribution in [0.15, 0.2) is 91.0 Å². The molecule has 5 heteroatoms. The Kier molecular flexibility index (Phi) is 6.29. The fraction of sp³-hybridized carbons (Fsp3) is 0.111. The van der Waals surface area contributed by atoms with Crippen molar-refractivity contribution in [2.45, 2.75) is 19.9 Å². The molecule has 1 heterocycles. The number of carbonyl (C=O) groups excluding carboxylic acids is 1. The van der Waals surface area contributed by atoms with Gasteiger partial charge in [-0.2, -0.15) is 0 Å². The molecule has 5 nitrogen and oxygen atoms in total. The second-order valence-electron chi connectivity index (χ2n) is 7.63. The number of imidazole rings is 1. The minimum atomic E-state index is -0.569. The minimum absolute atomic E-state index is 0.0574. The number of aryl methyl sites for hydroxylation is 1. The molecule has 0 aliphatic carbocycles. The highest BCUT2D eigenvalue weighted by atomic mass is 16.5. The molecule has 0 saturated heterocycles. The van der Waals surface area contributed by atoms with Crippen LogP contribution in [0.2, 0.25) is 0 Å². The van der Waals surface area contributed by atoms with Crippen molar-refractivity contribution in [1.29, 1.82) is 0 Å². The van der Waals surface area contributed by atoms with Crippen LogP contribution in [0.5, 0.6) is 0 Å². The Labute approximate surface area is 187 Å². The van der Waals surface area contributed by atoms with Gasteiger partial charge in [-0.05, 0) is 37.1 Å². The number of hydroxylamine groups is 1. The first-order valence-corrected chi connectivity index (χ1v) is 10.5. The maximum atomic E-state index is 11.4. The van der Waals surface area contributed by atoms with E-state index in [1.165, 1.54) is 11.6 Å². The van der Waals surface area contributed by atoms with Gasteiger partial charge in [0.05, 0.1) is 17.4 Å². The zero-order valence-corrected chi connectivity index (χ0v) is 18.1. The van der Waals surface area contributed by atoms with E-state index in [4.69, 9.17) is 10.2 Å². The first-order valence-electron chi connectivity index (χ1n) is 10.5. The van der Waals surface area contributed by atoms with Crippen molar-refractivity contribution in [3.05, 3.63) is 108 Å². The maximum absolute atomic E-state index is 11.4. The van der Waals surface area contributed by atoms with E-state index in [1.807, 2.05) is 49.4 Å². The summed E-state index contributed by atoms with van der Waals surface area (Å²) in [5.41, 5.74) is 7.68. The standard InChI is InChI=1S/C27H25N3O2/c1-19-26(24-15-9-10-21(18-24)16-17-25(31)29-32)30(20(2)22-11-5-3-6-12-22)27(28-19)23-13-7-4-8-14-23/h3-18,20,32H,1-2H3,(H,29,31)/b17-16+. The van der Waals surface area contributed by atoms with Crippen LogP contribution in [0, 0.1) is 6.92 Å². The molecule has 1 atom stereocenters. The fourth-order valence-corrected chi connectivity index (χ4v) is 3.94. The van der Waals surface area contributed by atoms with Crippen LogP contribution in [0.25, 0.3) is 28.7 Å². The van der Waals surface area contributed by atoms with Gasteiger partial charge in [0, 0.05) is 17.2 Å². The Bertz CT molecular complexity index is 1240. The molecule has 0 fully saturated rings. The quantitative estimate of drug-likeness (QED) is 0.239. The van der Waals surface area contributed by atoms with Crippen LogP contribution in [0.4, 0.5) is 0 Å². The van der Waals surface area contributed by atoms with Gasteiger partial charge < -0.3 is 4.57 Å². The molecule has 1 aromatic heterocycles. The molecule has 1 unspecified atom stereocenters. The number of hydrogen-bond acceptors (Lipinski definition) is 3. The van der Waals surface area contributed by atoms with Gasteiger partial charge in [0.25, 0.3) is 5.91 Å². The van der Waals surface area contributed by atoms with Crippen LogP contribution in [-0.4, -0.2) is 20.7 Å². The number of nitrogens with one attached hydrogen (secondary N) is 1. The smallest absolute Gasteiger partial charge is 0.267 e. The summed E-state index contributed by atoms with van der Waals surface area (Å²) < 4.78 is 2.28. The normalized spacial score (nSPS) is 12.1. The van der Waals surface area contributed by atoms with E-state index in [-0.39, 0.29) is 6.04 Å². The minimum Gasteiger partial charge on any atom is -0.316 e. The van der Waals surface area contributed by atoms with E-state index in [9.17, 15) is 4.79 Å². The molecule has 0 radical (unpaired) electrons. The summed E-state index contributed by atoms with van der Waals surface area (Å²) >= 11 is 0. The molecule has 4 aromatic rings. The number of benzene rings is 3. The number of amides is 1. The molecule has 0 aliphatic heterocycles. The molecule has 0 bridgehead atoms. The van der Waals surface area contributed by atoms with Crippen molar-refractivity contribution >= 4 is 12.0 Å². The highest BCUT2D eigenvalue weighted by Crippen LogP contribution is 2.35. The Balaban J connectivity index is 1.89. The van der Waals surface area contributed by atoms with Gasteiger partial charge in [0.2, 0.25) is 0 Å². The third-order valence-electron chi connectivity index (χ3n) is 5.48. The third kappa shape index (κ3) is 4.38. The average molecular weight is 424 g/mol. The van der Waals surface area contributed by atoms with Crippen molar-refractivity contribution in [2.24, 2.45) is 0 Å². The monoisotopic (exact) mass is 423 g/mol. The van der Waals surface area contributed by atoms with Gasteiger partial charge in [-0.1, -0.05) is 78.9 Å². The first kappa shape index (κ1) is 21.3. The van der Waals surface area contributed by atoms with Gasteiger partial charge in [-0.3, -0.25) is 10.0 Å². The van der Waals surface area contributed by atoms with E-state index in [1.54, 1.807) is 11.6 Å². The number of hydrogen-bond donors (Lipinski definition) is 2. The van der Waals surface area contributed by atoms with Crippen LogP contribution in [0.1, 0.15) is 29.8 Å². The van der Waals surface area contributed by atoms with Crippen molar-refractivity contribution in [1.82, 2.24) is 15.0 Å². The summed E-state index contributed by atoms with van der Waals surface area (Å²) in [6.45, 7) is 4.21. The molecule has 32 heavy (non-hydrogen) atoms. The Morgan fingerprint density at radius 3 is 2.31 bits per heavy atom. The molecular weight excluding hydrogens is 398 g/mol. The van der Waals surface area contributed by atoms with Crippen molar-refractivity contribution < 1.29 is 10.0 Å². The van der Waals surface area contributed by atoms with Gasteiger partial charge in [0.15, 0.2) is 0 Å². The lowest BCUT2D eigenvalue weighted by Gasteiger charge is -2.21. The summed E-state index contributed by atoms with van der Waals surface area (Å²) in [6, 6.07) is 28.6. The van der Waals surface area contributed by atoms with Crippen LogP contribution >= 0.6 is 0 Å². The summed E-state index contributed by atoms with van der Waals surface area (Å²) in [7, 11) is 0. The summed E-state index contributed by atoms with van der Waals surface area (Å²) in [5.74, 6) is 0.343. The Morgan fingerprint density at radius 1 is 0.969 bits per heavy atom. The molecule has 0 saturated carbocycles. The highest BCUT2D eigenvalue weighted by molar-refractivity contribution is 5.91. The SMILES string of the molecule is Cc1nc(-c2ccccc2)n(C(C)c2ccccc2)c1-c1cccc(/C=C/C(=O)NO)c1. The maximum Gasteiger partial charge on any atom is 0.267 e. The lowest BCUT2D eigenvalue weighted by molar-refractivity contribution is -0.124. The lowest BCUT2D eigenvalue weighted by Crippen LogP contribution is -2.14. The zero-order valence-electron chi connectivity index (χ0n) is 18.1. The van der Waals surface area contributed by atoms with Crippen molar-refractivity contribution in [3.8, 4) is 22.6 Å². The van der Waals surface area contributed by atoms with Gasteiger partial charge >= 0.3 is 0 Å². The van der Waals surface area contributed by atoms with Crippen molar-refractivity contribution in [2.75, 3.05) is 0 Å². The van der Waals surface area contributed by atoms with Gasteiger partial charge in [-0.25, -0.2) is 10.5 Å². The second kappa shape index (κ2) is 9.45. The summed E-state index contributed by atoms with van der Waals surface area (Å²) in [6.07, 6.45) is 2.97. The summed E-state index contributed by atoms with van der Waals surface area (Å²) in [5, 5.41) is 8.74. The number of aromatic nitrogens is 2.